The Kier molecular flexibility index (Phi) is 6.38. The van der Waals surface area contributed by atoms with Crippen LogP contribution in [0.25, 0.3) is 22.2 Å². The predicted octanol–water partition coefficient (Wildman–Crippen LogP) is 3.68. The van der Waals surface area contributed by atoms with Crippen molar-refractivity contribution in [3.63, 3.8) is 0 Å². The van der Waals surface area contributed by atoms with E-state index in [2.05, 4.69) is 31.8 Å². The number of aromatic nitrogens is 6. The molecule has 2 amide bonds. The summed E-state index contributed by atoms with van der Waals surface area (Å²) in [5.41, 5.74) is 1.79. The topological polar surface area (TPSA) is 119 Å². The van der Waals surface area contributed by atoms with E-state index in [1.807, 2.05) is 4.68 Å². The fourth-order valence-corrected chi connectivity index (χ4v) is 4.47. The summed E-state index contributed by atoms with van der Waals surface area (Å²) in [6.45, 7) is 4.72. The Morgan fingerprint density at radius 2 is 2.00 bits per heavy atom. The minimum atomic E-state index is -0.714. The maximum absolute atomic E-state index is 13.3. The van der Waals surface area contributed by atoms with Crippen LogP contribution in [0.3, 0.4) is 0 Å². The Morgan fingerprint density at radius 3 is 2.75 bits per heavy atom. The number of halogens is 2. The lowest BCUT2D eigenvalue weighted by Gasteiger charge is -2.32. The zero-order chi connectivity index (χ0) is 25.2. The first-order valence-electron chi connectivity index (χ1n) is 11.1. The van der Waals surface area contributed by atoms with Crippen LogP contribution in [-0.2, 0) is 4.79 Å². The molecule has 1 aliphatic rings. The molecule has 36 heavy (non-hydrogen) atoms. The van der Waals surface area contributed by atoms with Gasteiger partial charge in [0.05, 0.1) is 16.6 Å². The maximum Gasteiger partial charge on any atom is 0.294 e. The van der Waals surface area contributed by atoms with Gasteiger partial charge in [0.15, 0.2) is 0 Å². The van der Waals surface area contributed by atoms with Gasteiger partial charge < -0.3 is 10.2 Å². The summed E-state index contributed by atoms with van der Waals surface area (Å²) in [7, 11) is 0. The van der Waals surface area contributed by atoms with Crippen LogP contribution in [0.1, 0.15) is 29.5 Å². The summed E-state index contributed by atoms with van der Waals surface area (Å²) < 4.78 is 15.1. The highest BCUT2D eigenvalue weighted by Crippen LogP contribution is 2.35. The van der Waals surface area contributed by atoms with Crippen LogP contribution in [0.2, 0.25) is 5.02 Å². The van der Waals surface area contributed by atoms with E-state index in [0.717, 1.165) is 12.8 Å². The average Bonchev–Trinajstić information content (AvgIpc) is 3.29. The number of hydrogen-bond donors (Lipinski definition) is 1. The molecule has 1 aliphatic heterocycles. The lowest BCUT2D eigenvalue weighted by atomic mass is 10.1. The smallest absolute Gasteiger partial charge is 0.294 e. The molecule has 5 heterocycles. The molecule has 1 saturated heterocycles. The SMILES string of the molecule is C=CC(=O)N1CCC[C@@H](n2nc(-c3cnc(C(=O)Nc4cccc(F)n4)nc3)c3cncc(Cl)c32)C1. The van der Waals surface area contributed by atoms with Crippen molar-refractivity contribution in [2.24, 2.45) is 0 Å². The van der Waals surface area contributed by atoms with Crippen molar-refractivity contribution < 1.29 is 14.0 Å². The Bertz CT molecular complexity index is 1470. The van der Waals surface area contributed by atoms with Crippen molar-refractivity contribution in [1.82, 2.24) is 34.6 Å². The van der Waals surface area contributed by atoms with Gasteiger partial charge in [-0.2, -0.15) is 9.49 Å². The zero-order valence-electron chi connectivity index (χ0n) is 18.9. The number of likely N-dealkylation sites (tertiary alicyclic amines) is 1. The summed E-state index contributed by atoms with van der Waals surface area (Å²) in [5, 5.41) is 8.39. The third-order valence-electron chi connectivity index (χ3n) is 5.88. The molecule has 0 bridgehead atoms. The van der Waals surface area contributed by atoms with E-state index in [0.29, 0.717) is 40.3 Å². The number of pyridine rings is 2. The van der Waals surface area contributed by atoms with Crippen LogP contribution >= 0.6 is 11.6 Å². The summed E-state index contributed by atoms with van der Waals surface area (Å²) in [6, 6.07) is 3.97. The van der Waals surface area contributed by atoms with Gasteiger partial charge >= 0.3 is 0 Å². The lowest BCUT2D eigenvalue weighted by molar-refractivity contribution is -0.127. The average molecular weight is 507 g/mol. The molecule has 4 aromatic rings. The van der Waals surface area contributed by atoms with E-state index in [1.54, 1.807) is 17.3 Å². The van der Waals surface area contributed by atoms with Crippen molar-refractivity contribution in [3.05, 3.63) is 72.4 Å². The van der Waals surface area contributed by atoms with Crippen LogP contribution in [-0.4, -0.2) is 59.5 Å². The summed E-state index contributed by atoms with van der Waals surface area (Å²) >= 11 is 6.53. The number of carbonyl (C=O) groups is 2. The van der Waals surface area contributed by atoms with E-state index in [1.165, 1.54) is 36.7 Å². The standard InChI is InChI=1S/C24H20ClFN8O2/c1-2-20(35)33-8-4-5-15(13-33)34-22-16(11-27-12-17(22)25)21(32-34)14-9-28-23(29-10-14)24(36)31-19-7-3-6-18(26)30-19/h2-3,6-7,9-12,15H,1,4-5,8,13H2,(H,30,31,36)/t15-/m1/s1. The van der Waals surface area contributed by atoms with Gasteiger partial charge in [-0.05, 0) is 31.1 Å². The number of anilines is 1. The molecule has 1 N–H and O–H groups in total. The molecule has 10 nitrogen and oxygen atoms in total. The van der Waals surface area contributed by atoms with E-state index < -0.39 is 11.9 Å². The maximum atomic E-state index is 13.3. The highest BCUT2D eigenvalue weighted by atomic mass is 35.5. The van der Waals surface area contributed by atoms with Crippen LogP contribution in [0, 0.1) is 5.95 Å². The third kappa shape index (κ3) is 4.52. The fourth-order valence-electron chi connectivity index (χ4n) is 4.22. The number of fused-ring (bicyclic) bond motifs is 1. The molecule has 0 aromatic carbocycles. The molecule has 0 saturated carbocycles. The summed E-state index contributed by atoms with van der Waals surface area (Å²) in [4.78, 5) is 42.5. The molecular formula is C24H20ClFN8O2. The largest absolute Gasteiger partial charge is 0.337 e. The second-order valence-electron chi connectivity index (χ2n) is 8.19. The second kappa shape index (κ2) is 9.78. The van der Waals surface area contributed by atoms with Crippen molar-refractivity contribution in [1.29, 1.82) is 0 Å². The van der Waals surface area contributed by atoms with Gasteiger partial charge in [0.1, 0.15) is 11.5 Å². The predicted molar refractivity (Wildman–Crippen MR) is 131 cm³/mol. The highest BCUT2D eigenvalue weighted by molar-refractivity contribution is 6.35. The molecule has 182 valence electrons. The van der Waals surface area contributed by atoms with Gasteiger partial charge in [-0.25, -0.2) is 15.0 Å². The minimum absolute atomic E-state index is 0.0505. The molecule has 12 heteroatoms. The molecule has 4 aromatic heterocycles. The quantitative estimate of drug-likeness (QED) is 0.324. The van der Waals surface area contributed by atoms with Gasteiger partial charge in [-0.1, -0.05) is 24.2 Å². The van der Waals surface area contributed by atoms with Crippen LogP contribution in [0.4, 0.5) is 10.2 Å². The fraction of sp³-hybridized carbons (Fsp3) is 0.208. The van der Waals surface area contributed by atoms with Gasteiger partial charge in [-0.3, -0.25) is 19.3 Å². The highest BCUT2D eigenvalue weighted by Gasteiger charge is 2.27. The molecule has 0 spiro atoms. The molecule has 5 rings (SSSR count). The number of nitrogens with one attached hydrogen (secondary N) is 1. The van der Waals surface area contributed by atoms with E-state index in [4.69, 9.17) is 16.7 Å². The first kappa shape index (κ1) is 23.5. The van der Waals surface area contributed by atoms with E-state index in [-0.39, 0.29) is 23.6 Å². The Morgan fingerprint density at radius 1 is 1.19 bits per heavy atom. The first-order valence-corrected chi connectivity index (χ1v) is 11.5. The lowest BCUT2D eigenvalue weighted by Crippen LogP contribution is -2.40. The van der Waals surface area contributed by atoms with E-state index >= 15 is 0 Å². The number of hydrogen-bond acceptors (Lipinski definition) is 7. The summed E-state index contributed by atoms with van der Waals surface area (Å²) in [5.74, 6) is -1.53. The van der Waals surface area contributed by atoms with Crippen molar-refractivity contribution in [2.75, 3.05) is 18.4 Å². The Hall–Kier alpha value is -4.25. The van der Waals surface area contributed by atoms with E-state index in [9.17, 15) is 14.0 Å². The molecule has 1 fully saturated rings. The number of nitrogens with zero attached hydrogens (tertiary/aromatic N) is 7. The molecular weight excluding hydrogens is 487 g/mol. The minimum Gasteiger partial charge on any atom is -0.337 e. The van der Waals surface area contributed by atoms with Crippen molar-refractivity contribution in [3.8, 4) is 11.3 Å². The normalized spacial score (nSPS) is 15.6. The van der Waals surface area contributed by atoms with Gasteiger partial charge in [0.25, 0.3) is 5.91 Å². The van der Waals surface area contributed by atoms with Crippen LogP contribution < -0.4 is 5.32 Å². The van der Waals surface area contributed by atoms with Gasteiger partial charge in [0.2, 0.25) is 17.7 Å². The number of rotatable bonds is 5. The van der Waals surface area contributed by atoms with Crippen LogP contribution in [0.5, 0.6) is 0 Å². The van der Waals surface area contributed by atoms with Gasteiger partial charge in [-0.15, -0.1) is 0 Å². The molecule has 0 radical (unpaired) electrons. The summed E-state index contributed by atoms with van der Waals surface area (Å²) in [6.07, 6.45) is 9.10. The number of carbonyl (C=O) groups excluding carboxylic acids is 2. The number of amides is 2. The Labute approximate surface area is 209 Å². The molecule has 0 aliphatic carbocycles. The first-order chi connectivity index (χ1) is 17.4. The monoisotopic (exact) mass is 506 g/mol. The molecule has 0 unspecified atom stereocenters. The third-order valence-corrected chi connectivity index (χ3v) is 6.16. The Balaban J connectivity index is 1.46. The second-order valence-corrected chi connectivity index (χ2v) is 8.60. The van der Waals surface area contributed by atoms with Gasteiger partial charge in [0, 0.05) is 48.8 Å². The zero-order valence-corrected chi connectivity index (χ0v) is 19.7. The number of piperidine rings is 1. The van der Waals surface area contributed by atoms with Crippen molar-refractivity contribution >= 4 is 40.1 Å². The molecule has 1 atom stereocenters. The van der Waals surface area contributed by atoms with Crippen molar-refractivity contribution in [2.45, 2.75) is 18.9 Å². The van der Waals surface area contributed by atoms with Crippen LogP contribution in [0.15, 0.2) is 55.6 Å².